The number of benzene rings is 2. The molecule has 2 aromatic carbocycles. The summed E-state index contributed by atoms with van der Waals surface area (Å²) in [6.07, 6.45) is 7.22. The summed E-state index contributed by atoms with van der Waals surface area (Å²) in [5.74, 6) is -0.811. The van der Waals surface area contributed by atoms with Gasteiger partial charge in [0.2, 0.25) is 5.91 Å². The number of carbonyl (C=O) groups excluding carboxylic acids is 1. The number of likely N-dealkylation sites (tertiary alicyclic amines) is 1. The van der Waals surface area contributed by atoms with Gasteiger partial charge in [-0.3, -0.25) is 4.79 Å². The Bertz CT molecular complexity index is 931. The highest BCUT2D eigenvalue weighted by Crippen LogP contribution is 2.51. The van der Waals surface area contributed by atoms with E-state index in [0.717, 1.165) is 24.8 Å². The van der Waals surface area contributed by atoms with Crippen molar-refractivity contribution in [2.24, 2.45) is 0 Å². The molecule has 1 saturated carbocycles. The molecule has 0 spiro atoms. The molecule has 156 valence electrons. The molecule has 2 N–H and O–H groups in total. The molecule has 1 heterocycles. The molecule has 0 bridgehead atoms. The van der Waals surface area contributed by atoms with Crippen molar-refractivity contribution in [2.75, 3.05) is 6.54 Å². The Kier molecular flexibility index (Phi) is 5.73. The maximum absolute atomic E-state index is 12.4. The number of amides is 1. The van der Waals surface area contributed by atoms with E-state index in [1.54, 1.807) is 24.3 Å². The van der Waals surface area contributed by atoms with Crippen molar-refractivity contribution in [1.29, 1.82) is 0 Å². The summed E-state index contributed by atoms with van der Waals surface area (Å²) in [6.45, 7) is 0.584. The first-order valence-corrected chi connectivity index (χ1v) is 10.5. The van der Waals surface area contributed by atoms with Gasteiger partial charge in [-0.2, -0.15) is 0 Å². The van der Waals surface area contributed by atoms with Gasteiger partial charge in [-0.15, -0.1) is 0 Å². The molecule has 1 amide bonds. The Morgan fingerprint density at radius 1 is 1.13 bits per heavy atom. The number of carboxylic acids is 1. The first kappa shape index (κ1) is 20.4. The van der Waals surface area contributed by atoms with Crippen LogP contribution in [0.25, 0.3) is 0 Å². The highest BCUT2D eigenvalue weighted by molar-refractivity contribution is 5.87. The zero-order valence-corrected chi connectivity index (χ0v) is 16.9. The number of aliphatic hydroxyl groups is 1. The van der Waals surface area contributed by atoms with Crippen LogP contribution in [0.5, 0.6) is 0 Å². The lowest BCUT2D eigenvalue weighted by atomic mass is 9.89. The van der Waals surface area contributed by atoms with Crippen molar-refractivity contribution >= 4 is 11.9 Å². The second kappa shape index (κ2) is 8.44. The average Bonchev–Trinajstić information content (AvgIpc) is 3.51. The van der Waals surface area contributed by atoms with Gasteiger partial charge >= 0.3 is 5.97 Å². The molecule has 4 rings (SSSR count). The normalized spacial score (nSPS) is 21.2. The molecule has 2 aliphatic rings. The number of carboxylic acid groups (broad SMARTS) is 1. The van der Waals surface area contributed by atoms with Crippen LogP contribution in [-0.4, -0.2) is 45.7 Å². The number of aromatic carboxylic acids is 1. The standard InChI is InChI=1S/C25H27NO4/c27-22(25(15-16-25)20-4-2-1-3-5-20)12-10-21-11-13-23(28)26(21)17-14-18-6-8-19(9-7-18)24(29)30/h1-10,12,21-22,27H,11,13-17H2,(H,29,30)/t21-,22+/m0/s1. The lowest BCUT2D eigenvalue weighted by molar-refractivity contribution is -0.128. The summed E-state index contributed by atoms with van der Waals surface area (Å²) in [7, 11) is 0. The Labute approximate surface area is 176 Å². The van der Waals surface area contributed by atoms with E-state index in [0.29, 0.717) is 19.4 Å². The summed E-state index contributed by atoms with van der Waals surface area (Å²) in [5.41, 5.74) is 2.25. The Balaban J connectivity index is 1.38. The van der Waals surface area contributed by atoms with Crippen LogP contribution in [0, 0.1) is 0 Å². The second-order valence-electron chi connectivity index (χ2n) is 8.30. The van der Waals surface area contributed by atoms with Crippen molar-refractivity contribution in [3.05, 3.63) is 83.4 Å². The van der Waals surface area contributed by atoms with Crippen molar-refractivity contribution in [3.63, 3.8) is 0 Å². The quantitative estimate of drug-likeness (QED) is 0.658. The Hall–Kier alpha value is -2.92. The zero-order chi connectivity index (χ0) is 21.1. The highest BCUT2D eigenvalue weighted by atomic mass is 16.4. The first-order valence-electron chi connectivity index (χ1n) is 10.5. The Morgan fingerprint density at radius 2 is 1.83 bits per heavy atom. The van der Waals surface area contributed by atoms with E-state index in [1.807, 2.05) is 35.3 Å². The number of aliphatic hydroxyl groups excluding tert-OH is 1. The van der Waals surface area contributed by atoms with Crippen LogP contribution in [-0.2, 0) is 16.6 Å². The van der Waals surface area contributed by atoms with E-state index in [2.05, 4.69) is 12.1 Å². The Morgan fingerprint density at radius 3 is 2.47 bits per heavy atom. The summed E-state index contributed by atoms with van der Waals surface area (Å²) < 4.78 is 0. The minimum absolute atomic E-state index is 0.00276. The topological polar surface area (TPSA) is 77.8 Å². The molecule has 2 atom stereocenters. The van der Waals surface area contributed by atoms with E-state index < -0.39 is 12.1 Å². The van der Waals surface area contributed by atoms with Gasteiger partial charge in [0.05, 0.1) is 17.7 Å². The number of rotatable bonds is 8. The third-order valence-corrected chi connectivity index (χ3v) is 6.44. The molecular weight excluding hydrogens is 378 g/mol. The van der Waals surface area contributed by atoms with Crippen molar-refractivity contribution in [2.45, 2.75) is 49.7 Å². The summed E-state index contributed by atoms with van der Waals surface area (Å²) in [6, 6.07) is 16.9. The number of hydrogen-bond donors (Lipinski definition) is 2. The third-order valence-electron chi connectivity index (χ3n) is 6.44. The van der Waals surface area contributed by atoms with Gasteiger partial charge < -0.3 is 15.1 Å². The maximum atomic E-state index is 12.4. The fourth-order valence-corrected chi connectivity index (χ4v) is 4.39. The molecule has 0 aromatic heterocycles. The number of hydrogen-bond acceptors (Lipinski definition) is 3. The number of nitrogens with zero attached hydrogens (tertiary/aromatic N) is 1. The second-order valence-corrected chi connectivity index (χ2v) is 8.30. The van der Waals surface area contributed by atoms with Crippen LogP contribution in [0.3, 0.4) is 0 Å². The number of carbonyl (C=O) groups is 2. The SMILES string of the molecule is O=C(O)c1ccc(CCN2C(=O)CC[C@@H]2C=C[C@@H](O)C2(c3ccccc3)CC2)cc1. The van der Waals surface area contributed by atoms with Gasteiger partial charge in [-0.1, -0.05) is 54.6 Å². The summed E-state index contributed by atoms with van der Waals surface area (Å²) in [4.78, 5) is 25.2. The summed E-state index contributed by atoms with van der Waals surface area (Å²) in [5, 5.41) is 19.9. The van der Waals surface area contributed by atoms with Crippen LogP contribution < -0.4 is 0 Å². The fraction of sp³-hybridized carbons (Fsp3) is 0.360. The summed E-state index contributed by atoms with van der Waals surface area (Å²) >= 11 is 0. The predicted molar refractivity (Wildman–Crippen MR) is 114 cm³/mol. The maximum Gasteiger partial charge on any atom is 0.335 e. The minimum Gasteiger partial charge on any atom is -0.478 e. The molecule has 2 aromatic rings. The molecule has 5 nitrogen and oxygen atoms in total. The van der Waals surface area contributed by atoms with Gasteiger partial charge in [0, 0.05) is 18.4 Å². The van der Waals surface area contributed by atoms with Crippen LogP contribution in [0.2, 0.25) is 0 Å². The molecule has 0 radical (unpaired) electrons. The largest absolute Gasteiger partial charge is 0.478 e. The molecule has 30 heavy (non-hydrogen) atoms. The molecule has 2 fully saturated rings. The average molecular weight is 405 g/mol. The van der Waals surface area contributed by atoms with Gasteiger partial charge in [-0.25, -0.2) is 4.79 Å². The molecule has 1 aliphatic heterocycles. The van der Waals surface area contributed by atoms with Gasteiger partial charge in [0.1, 0.15) is 0 Å². The molecule has 1 aliphatic carbocycles. The van der Waals surface area contributed by atoms with E-state index in [9.17, 15) is 14.7 Å². The van der Waals surface area contributed by atoms with Crippen molar-refractivity contribution < 1.29 is 19.8 Å². The van der Waals surface area contributed by atoms with E-state index in [-0.39, 0.29) is 22.9 Å². The highest BCUT2D eigenvalue weighted by Gasteiger charge is 2.49. The van der Waals surface area contributed by atoms with Gasteiger partial charge in [0.15, 0.2) is 0 Å². The molecule has 0 unspecified atom stereocenters. The van der Waals surface area contributed by atoms with E-state index >= 15 is 0 Å². The van der Waals surface area contributed by atoms with Crippen LogP contribution in [0.4, 0.5) is 0 Å². The third kappa shape index (κ3) is 4.17. The first-order chi connectivity index (χ1) is 14.5. The van der Waals surface area contributed by atoms with Crippen LogP contribution >= 0.6 is 0 Å². The fourth-order valence-electron chi connectivity index (χ4n) is 4.39. The predicted octanol–water partition coefficient (Wildman–Crippen LogP) is 3.57. The van der Waals surface area contributed by atoms with Crippen molar-refractivity contribution in [3.8, 4) is 0 Å². The lowest BCUT2D eigenvalue weighted by Gasteiger charge is -2.24. The van der Waals surface area contributed by atoms with Gasteiger partial charge in [0.25, 0.3) is 0 Å². The van der Waals surface area contributed by atoms with Crippen molar-refractivity contribution in [1.82, 2.24) is 4.90 Å². The monoisotopic (exact) mass is 405 g/mol. The molecular formula is C25H27NO4. The smallest absolute Gasteiger partial charge is 0.335 e. The minimum atomic E-state index is -0.941. The van der Waals surface area contributed by atoms with E-state index in [4.69, 9.17) is 5.11 Å². The van der Waals surface area contributed by atoms with Crippen LogP contribution in [0.1, 0.15) is 47.2 Å². The van der Waals surface area contributed by atoms with E-state index in [1.165, 1.54) is 5.56 Å². The van der Waals surface area contributed by atoms with Gasteiger partial charge in [-0.05, 0) is 48.9 Å². The molecule has 1 saturated heterocycles. The molecule has 5 heteroatoms. The lowest BCUT2D eigenvalue weighted by Crippen LogP contribution is -2.34. The van der Waals surface area contributed by atoms with Crippen LogP contribution in [0.15, 0.2) is 66.7 Å². The zero-order valence-electron chi connectivity index (χ0n) is 16.9.